The average Bonchev–Trinajstić information content (AvgIpc) is 2.64. The van der Waals surface area contributed by atoms with Crippen LogP contribution in [-0.4, -0.2) is 10.9 Å². The van der Waals surface area contributed by atoms with Gasteiger partial charge in [0.1, 0.15) is 0 Å². The summed E-state index contributed by atoms with van der Waals surface area (Å²) in [7, 11) is 0. The van der Waals surface area contributed by atoms with Crippen molar-refractivity contribution in [3.8, 4) is 11.1 Å². The number of pyridine rings is 1. The van der Waals surface area contributed by atoms with Crippen molar-refractivity contribution in [1.82, 2.24) is 10.3 Å². The third kappa shape index (κ3) is 1.82. The number of benzene rings is 1. The van der Waals surface area contributed by atoms with E-state index in [2.05, 4.69) is 28.5 Å². The van der Waals surface area contributed by atoms with Crippen molar-refractivity contribution in [1.29, 1.82) is 0 Å². The van der Waals surface area contributed by atoms with Gasteiger partial charge in [-0.2, -0.15) is 0 Å². The summed E-state index contributed by atoms with van der Waals surface area (Å²) < 4.78 is 0. The van der Waals surface area contributed by atoms with Crippen LogP contribution in [0.3, 0.4) is 0 Å². The molecule has 1 aromatic heterocycles. The van der Waals surface area contributed by atoms with Gasteiger partial charge < -0.3 is 5.32 Å². The quantitative estimate of drug-likeness (QED) is 0.848. The van der Waals surface area contributed by atoms with Crippen LogP contribution in [0.4, 0.5) is 0 Å². The van der Waals surface area contributed by atoms with E-state index in [1.54, 1.807) is 6.92 Å². The molecule has 2 aromatic rings. The SMILES string of the molecule is CC(=O)NC1c2ccccc2-c2cc(C)nc(C)c21. The van der Waals surface area contributed by atoms with Gasteiger partial charge in [0.15, 0.2) is 0 Å². The van der Waals surface area contributed by atoms with E-state index < -0.39 is 0 Å². The minimum Gasteiger partial charge on any atom is -0.345 e. The Bertz CT molecular complexity index is 676. The highest BCUT2D eigenvalue weighted by molar-refractivity contribution is 5.83. The molecule has 19 heavy (non-hydrogen) atoms. The van der Waals surface area contributed by atoms with Crippen LogP contribution in [0.5, 0.6) is 0 Å². The number of aryl methyl sites for hydroxylation is 2. The van der Waals surface area contributed by atoms with Gasteiger partial charge in [0.25, 0.3) is 0 Å². The molecule has 1 aromatic carbocycles. The molecule has 96 valence electrons. The topological polar surface area (TPSA) is 42.0 Å². The highest BCUT2D eigenvalue weighted by Crippen LogP contribution is 2.44. The third-order valence-corrected chi connectivity index (χ3v) is 3.58. The van der Waals surface area contributed by atoms with Crippen molar-refractivity contribution in [2.45, 2.75) is 26.8 Å². The van der Waals surface area contributed by atoms with Gasteiger partial charge in [0, 0.05) is 23.9 Å². The van der Waals surface area contributed by atoms with Gasteiger partial charge >= 0.3 is 0 Å². The smallest absolute Gasteiger partial charge is 0.217 e. The first-order valence-corrected chi connectivity index (χ1v) is 6.42. The van der Waals surface area contributed by atoms with Gasteiger partial charge in [-0.1, -0.05) is 24.3 Å². The number of rotatable bonds is 1. The predicted octanol–water partition coefficient (Wildman–Crippen LogP) is 2.90. The Morgan fingerprint density at radius 3 is 2.68 bits per heavy atom. The van der Waals surface area contributed by atoms with E-state index in [9.17, 15) is 4.79 Å². The number of fused-ring (bicyclic) bond motifs is 3. The molecular weight excluding hydrogens is 236 g/mol. The third-order valence-electron chi connectivity index (χ3n) is 3.58. The molecule has 3 heteroatoms. The number of hydrogen-bond donors (Lipinski definition) is 1. The molecule has 0 saturated heterocycles. The summed E-state index contributed by atoms with van der Waals surface area (Å²) >= 11 is 0. The minimum absolute atomic E-state index is 0.0207. The fourth-order valence-electron chi connectivity index (χ4n) is 2.93. The fourth-order valence-corrected chi connectivity index (χ4v) is 2.93. The molecule has 0 aliphatic heterocycles. The monoisotopic (exact) mass is 252 g/mol. The Morgan fingerprint density at radius 2 is 1.95 bits per heavy atom. The summed E-state index contributed by atoms with van der Waals surface area (Å²) in [6, 6.07) is 10.2. The largest absolute Gasteiger partial charge is 0.345 e. The lowest BCUT2D eigenvalue weighted by molar-refractivity contribution is -0.119. The zero-order valence-electron chi connectivity index (χ0n) is 11.3. The van der Waals surface area contributed by atoms with E-state index in [4.69, 9.17) is 0 Å². The molecule has 3 nitrogen and oxygen atoms in total. The zero-order valence-corrected chi connectivity index (χ0v) is 11.3. The van der Waals surface area contributed by atoms with E-state index in [0.717, 1.165) is 22.5 Å². The van der Waals surface area contributed by atoms with Crippen LogP contribution in [0.2, 0.25) is 0 Å². The number of carbonyl (C=O) groups is 1. The Morgan fingerprint density at radius 1 is 1.21 bits per heavy atom. The van der Waals surface area contributed by atoms with Gasteiger partial charge in [-0.05, 0) is 36.6 Å². The van der Waals surface area contributed by atoms with Crippen LogP contribution in [0.25, 0.3) is 11.1 Å². The number of nitrogens with one attached hydrogen (secondary N) is 1. The van der Waals surface area contributed by atoms with Crippen LogP contribution in [0.1, 0.15) is 35.5 Å². The number of carbonyl (C=O) groups excluding carboxylic acids is 1. The molecular formula is C16H16N2O. The van der Waals surface area contributed by atoms with Crippen molar-refractivity contribution in [3.63, 3.8) is 0 Å². The minimum atomic E-state index is -0.0724. The Hall–Kier alpha value is -2.16. The van der Waals surface area contributed by atoms with Crippen LogP contribution in [0.15, 0.2) is 30.3 Å². The molecule has 0 fully saturated rings. The lowest BCUT2D eigenvalue weighted by Crippen LogP contribution is -2.26. The highest BCUT2D eigenvalue weighted by atomic mass is 16.1. The Kier molecular flexibility index (Phi) is 2.63. The van der Waals surface area contributed by atoms with E-state index in [0.29, 0.717) is 0 Å². The van der Waals surface area contributed by atoms with Gasteiger partial charge in [-0.3, -0.25) is 9.78 Å². The van der Waals surface area contributed by atoms with Crippen LogP contribution < -0.4 is 5.32 Å². The first-order chi connectivity index (χ1) is 9.08. The van der Waals surface area contributed by atoms with Crippen molar-refractivity contribution in [3.05, 3.63) is 52.8 Å². The second-order valence-electron chi connectivity index (χ2n) is 5.03. The lowest BCUT2D eigenvalue weighted by Gasteiger charge is -2.16. The summed E-state index contributed by atoms with van der Waals surface area (Å²) in [5.74, 6) is -0.0207. The molecule has 1 heterocycles. The van der Waals surface area contributed by atoms with Gasteiger partial charge in [-0.15, -0.1) is 0 Å². The molecule has 0 saturated carbocycles. The molecule has 3 rings (SSSR count). The summed E-state index contributed by atoms with van der Waals surface area (Å²) in [5.41, 5.74) is 6.67. The maximum Gasteiger partial charge on any atom is 0.217 e. The van der Waals surface area contributed by atoms with Gasteiger partial charge in [-0.25, -0.2) is 0 Å². The first-order valence-electron chi connectivity index (χ1n) is 6.42. The fraction of sp³-hybridized carbons (Fsp3) is 0.250. The average molecular weight is 252 g/mol. The van der Waals surface area contributed by atoms with Crippen molar-refractivity contribution in [2.75, 3.05) is 0 Å². The molecule has 0 spiro atoms. The van der Waals surface area contributed by atoms with E-state index in [1.807, 2.05) is 26.0 Å². The van der Waals surface area contributed by atoms with Crippen LogP contribution >= 0.6 is 0 Å². The van der Waals surface area contributed by atoms with E-state index in [1.165, 1.54) is 11.1 Å². The number of nitrogens with zero attached hydrogens (tertiary/aromatic N) is 1. The maximum atomic E-state index is 11.5. The second kappa shape index (κ2) is 4.19. The van der Waals surface area contributed by atoms with Crippen molar-refractivity contribution < 1.29 is 4.79 Å². The van der Waals surface area contributed by atoms with Crippen LogP contribution in [0, 0.1) is 13.8 Å². The molecule has 0 bridgehead atoms. The predicted molar refractivity (Wildman–Crippen MR) is 74.8 cm³/mol. The van der Waals surface area contributed by atoms with E-state index >= 15 is 0 Å². The summed E-state index contributed by atoms with van der Waals surface area (Å²) in [5, 5.41) is 3.04. The molecule has 1 aliphatic carbocycles. The molecule has 1 atom stereocenters. The van der Waals surface area contributed by atoms with Crippen molar-refractivity contribution >= 4 is 5.91 Å². The van der Waals surface area contributed by atoms with E-state index in [-0.39, 0.29) is 11.9 Å². The first kappa shape index (κ1) is 11.9. The zero-order chi connectivity index (χ0) is 13.6. The van der Waals surface area contributed by atoms with Gasteiger partial charge in [0.2, 0.25) is 5.91 Å². The molecule has 0 radical (unpaired) electrons. The van der Waals surface area contributed by atoms with Gasteiger partial charge in [0.05, 0.1) is 6.04 Å². The molecule has 1 unspecified atom stereocenters. The summed E-state index contributed by atoms with van der Waals surface area (Å²) in [6.07, 6.45) is 0. The van der Waals surface area contributed by atoms with Crippen LogP contribution in [-0.2, 0) is 4.79 Å². The normalized spacial score (nSPS) is 15.8. The number of aromatic nitrogens is 1. The second-order valence-corrected chi connectivity index (χ2v) is 5.03. The molecule has 1 aliphatic rings. The Balaban J connectivity index is 2.27. The summed E-state index contributed by atoms with van der Waals surface area (Å²) in [6.45, 7) is 5.56. The lowest BCUT2D eigenvalue weighted by atomic mass is 10.0. The standard InChI is InChI=1S/C16H16N2O/c1-9-8-14-12-6-4-5-7-13(12)16(18-11(3)19)15(14)10(2)17-9/h4-8,16H,1-3H3,(H,18,19). The summed E-state index contributed by atoms with van der Waals surface area (Å²) in [4.78, 5) is 16.0. The maximum absolute atomic E-state index is 11.5. The number of amides is 1. The number of hydrogen-bond acceptors (Lipinski definition) is 2. The molecule has 1 N–H and O–H groups in total. The molecule has 1 amide bonds. The highest BCUT2D eigenvalue weighted by Gasteiger charge is 2.31. The Labute approximate surface area is 112 Å². The van der Waals surface area contributed by atoms with Crippen molar-refractivity contribution in [2.24, 2.45) is 0 Å².